The summed E-state index contributed by atoms with van der Waals surface area (Å²) in [5.41, 5.74) is -0.435. The van der Waals surface area contributed by atoms with Crippen LogP contribution in [0.1, 0.15) is 46.5 Å². The zero-order chi connectivity index (χ0) is 17.6. The molecule has 0 spiro atoms. The zero-order valence-electron chi connectivity index (χ0n) is 14.6. The third-order valence-electron chi connectivity index (χ3n) is 3.87. The van der Waals surface area contributed by atoms with E-state index in [9.17, 15) is 4.79 Å². The van der Waals surface area contributed by atoms with Crippen LogP contribution < -0.4 is 4.74 Å². The lowest BCUT2D eigenvalue weighted by molar-refractivity contribution is 0.0179. The molecule has 6 nitrogen and oxygen atoms in total. The summed E-state index contributed by atoms with van der Waals surface area (Å²) in [5, 5.41) is 0.196. The maximum atomic E-state index is 12.0. The summed E-state index contributed by atoms with van der Waals surface area (Å²) in [6.07, 6.45) is 5.44. The number of piperidine rings is 1. The van der Waals surface area contributed by atoms with Gasteiger partial charge in [-0.05, 0) is 64.0 Å². The fraction of sp³-hybridized carbons (Fsp3) is 0.706. The van der Waals surface area contributed by atoms with Gasteiger partial charge < -0.3 is 14.4 Å². The number of hydrogen-bond donors (Lipinski definition) is 0. The maximum absolute atomic E-state index is 12.0. The normalized spacial score (nSPS) is 16.1. The van der Waals surface area contributed by atoms with Crippen molar-refractivity contribution in [1.29, 1.82) is 0 Å². The molecule has 0 aliphatic carbocycles. The average molecular weight is 356 g/mol. The van der Waals surface area contributed by atoms with Crippen molar-refractivity contribution in [2.24, 2.45) is 5.92 Å². The highest BCUT2D eigenvalue weighted by atomic mass is 35.5. The molecule has 0 atom stereocenters. The first-order valence-electron chi connectivity index (χ1n) is 8.43. The van der Waals surface area contributed by atoms with Crippen LogP contribution in [0.2, 0.25) is 5.28 Å². The molecule has 134 valence electrons. The van der Waals surface area contributed by atoms with Crippen LogP contribution in [0.15, 0.2) is 12.3 Å². The molecule has 1 fully saturated rings. The first-order valence-corrected chi connectivity index (χ1v) is 8.80. The first kappa shape index (κ1) is 18.8. The summed E-state index contributed by atoms with van der Waals surface area (Å²) >= 11 is 5.71. The van der Waals surface area contributed by atoms with Gasteiger partial charge in [0.1, 0.15) is 5.60 Å². The van der Waals surface area contributed by atoms with E-state index in [1.54, 1.807) is 17.2 Å². The second-order valence-electron chi connectivity index (χ2n) is 7.07. The second-order valence-corrected chi connectivity index (χ2v) is 7.40. The number of carbonyl (C=O) groups is 1. The molecule has 1 saturated heterocycles. The van der Waals surface area contributed by atoms with Gasteiger partial charge in [-0.15, -0.1) is 0 Å². The minimum absolute atomic E-state index is 0.196. The molecular formula is C17H26ClN3O3. The van der Waals surface area contributed by atoms with Crippen LogP contribution in [0.5, 0.6) is 5.88 Å². The predicted molar refractivity (Wildman–Crippen MR) is 92.3 cm³/mol. The van der Waals surface area contributed by atoms with Crippen LogP contribution in [0.3, 0.4) is 0 Å². The van der Waals surface area contributed by atoms with Gasteiger partial charge in [0.25, 0.3) is 0 Å². The lowest BCUT2D eigenvalue weighted by Gasteiger charge is -2.33. The summed E-state index contributed by atoms with van der Waals surface area (Å²) in [6, 6.07) is 1.70. The Bertz CT molecular complexity index is 540. The van der Waals surface area contributed by atoms with Gasteiger partial charge in [-0.25, -0.2) is 9.78 Å². The fourth-order valence-electron chi connectivity index (χ4n) is 2.68. The Morgan fingerprint density at radius 1 is 1.38 bits per heavy atom. The van der Waals surface area contributed by atoms with E-state index in [0.29, 0.717) is 18.4 Å². The molecule has 0 saturated carbocycles. The fourth-order valence-corrected chi connectivity index (χ4v) is 2.82. The van der Waals surface area contributed by atoms with E-state index in [1.807, 2.05) is 20.8 Å². The van der Waals surface area contributed by atoms with E-state index in [2.05, 4.69) is 9.97 Å². The second kappa shape index (κ2) is 8.51. The van der Waals surface area contributed by atoms with Crippen molar-refractivity contribution in [3.8, 4) is 5.88 Å². The number of aromatic nitrogens is 2. The lowest BCUT2D eigenvalue weighted by atomic mass is 9.92. The molecule has 7 heteroatoms. The highest BCUT2D eigenvalue weighted by Crippen LogP contribution is 2.23. The molecule has 0 bridgehead atoms. The number of carbonyl (C=O) groups excluding carboxylic acids is 1. The standard InChI is InChI=1S/C17H26ClN3O3/c1-17(2,3)24-16(22)21-10-7-13(8-11-21)5-4-12-23-14-6-9-19-15(18)20-14/h6,9,13H,4-5,7-8,10-12H2,1-3H3. The molecule has 1 aromatic rings. The number of rotatable bonds is 5. The molecule has 24 heavy (non-hydrogen) atoms. The Kier molecular flexibility index (Phi) is 6.66. The summed E-state index contributed by atoms with van der Waals surface area (Å²) in [7, 11) is 0. The van der Waals surface area contributed by atoms with Crippen LogP contribution in [-0.4, -0.2) is 46.3 Å². The molecule has 0 radical (unpaired) electrons. The number of halogens is 1. The maximum Gasteiger partial charge on any atom is 0.410 e. The lowest BCUT2D eigenvalue weighted by Crippen LogP contribution is -2.41. The Labute approximate surface area is 148 Å². The molecule has 2 rings (SSSR count). The summed E-state index contributed by atoms with van der Waals surface area (Å²) in [6.45, 7) is 7.82. The van der Waals surface area contributed by atoms with Crippen molar-refractivity contribution in [3.05, 3.63) is 17.5 Å². The summed E-state index contributed by atoms with van der Waals surface area (Å²) < 4.78 is 11.0. The molecule has 1 aliphatic rings. The third kappa shape index (κ3) is 6.51. The number of likely N-dealkylation sites (tertiary alicyclic amines) is 1. The zero-order valence-corrected chi connectivity index (χ0v) is 15.4. The number of hydrogen-bond acceptors (Lipinski definition) is 5. The van der Waals surface area contributed by atoms with Crippen molar-refractivity contribution in [2.75, 3.05) is 19.7 Å². The van der Waals surface area contributed by atoms with Gasteiger partial charge in [0.2, 0.25) is 11.2 Å². The van der Waals surface area contributed by atoms with Crippen molar-refractivity contribution in [2.45, 2.75) is 52.1 Å². The van der Waals surface area contributed by atoms with E-state index in [1.165, 1.54) is 0 Å². The van der Waals surface area contributed by atoms with Gasteiger partial charge in [-0.3, -0.25) is 0 Å². The van der Waals surface area contributed by atoms with E-state index in [4.69, 9.17) is 21.1 Å². The van der Waals surface area contributed by atoms with Crippen molar-refractivity contribution in [3.63, 3.8) is 0 Å². The van der Waals surface area contributed by atoms with Crippen LogP contribution >= 0.6 is 11.6 Å². The van der Waals surface area contributed by atoms with Crippen LogP contribution in [0, 0.1) is 5.92 Å². The molecule has 1 aromatic heterocycles. The van der Waals surface area contributed by atoms with Gasteiger partial charge in [0, 0.05) is 25.4 Å². The average Bonchev–Trinajstić information content (AvgIpc) is 2.50. The van der Waals surface area contributed by atoms with Gasteiger partial charge >= 0.3 is 6.09 Å². The van der Waals surface area contributed by atoms with E-state index < -0.39 is 5.60 Å². The SMILES string of the molecule is CC(C)(C)OC(=O)N1CCC(CCCOc2ccnc(Cl)n2)CC1. The molecule has 0 N–H and O–H groups in total. The van der Waals surface area contributed by atoms with E-state index in [0.717, 1.165) is 38.8 Å². The van der Waals surface area contributed by atoms with E-state index >= 15 is 0 Å². The monoisotopic (exact) mass is 355 g/mol. The Hall–Kier alpha value is -1.56. The summed E-state index contributed by atoms with van der Waals surface area (Å²) in [4.78, 5) is 21.6. The summed E-state index contributed by atoms with van der Waals surface area (Å²) in [5.74, 6) is 1.14. The molecular weight excluding hydrogens is 330 g/mol. The number of ether oxygens (including phenoxy) is 2. The molecule has 0 unspecified atom stereocenters. The quantitative estimate of drug-likeness (QED) is 0.591. The topological polar surface area (TPSA) is 64.5 Å². The first-order chi connectivity index (χ1) is 11.3. The highest BCUT2D eigenvalue weighted by molar-refractivity contribution is 6.28. The molecule has 1 aliphatic heterocycles. The Morgan fingerprint density at radius 2 is 2.08 bits per heavy atom. The smallest absolute Gasteiger partial charge is 0.410 e. The third-order valence-corrected chi connectivity index (χ3v) is 4.06. The molecule has 0 aromatic carbocycles. The number of amides is 1. The van der Waals surface area contributed by atoms with Crippen LogP contribution in [0.25, 0.3) is 0 Å². The van der Waals surface area contributed by atoms with Crippen LogP contribution in [-0.2, 0) is 4.74 Å². The van der Waals surface area contributed by atoms with E-state index in [-0.39, 0.29) is 11.4 Å². The Morgan fingerprint density at radius 3 is 2.71 bits per heavy atom. The van der Waals surface area contributed by atoms with Gasteiger partial charge in [0.05, 0.1) is 6.61 Å². The predicted octanol–water partition coefficient (Wildman–Crippen LogP) is 3.94. The Balaban J connectivity index is 1.62. The molecule has 2 heterocycles. The highest BCUT2D eigenvalue weighted by Gasteiger charge is 2.26. The van der Waals surface area contributed by atoms with Crippen LogP contribution in [0.4, 0.5) is 4.79 Å². The van der Waals surface area contributed by atoms with Crippen molar-refractivity contribution < 1.29 is 14.3 Å². The molecule has 1 amide bonds. The number of nitrogens with zero attached hydrogens (tertiary/aromatic N) is 3. The van der Waals surface area contributed by atoms with Gasteiger partial charge in [-0.2, -0.15) is 4.98 Å². The van der Waals surface area contributed by atoms with Gasteiger partial charge in [-0.1, -0.05) is 0 Å². The minimum atomic E-state index is -0.435. The van der Waals surface area contributed by atoms with Gasteiger partial charge in [0.15, 0.2) is 0 Å². The van der Waals surface area contributed by atoms with Crippen molar-refractivity contribution >= 4 is 17.7 Å². The van der Waals surface area contributed by atoms with Crippen molar-refractivity contribution in [1.82, 2.24) is 14.9 Å². The largest absolute Gasteiger partial charge is 0.478 e. The minimum Gasteiger partial charge on any atom is -0.478 e.